The van der Waals surface area contributed by atoms with Crippen LogP contribution in [0.4, 0.5) is 0 Å². The first kappa shape index (κ1) is 18.3. The summed E-state index contributed by atoms with van der Waals surface area (Å²) in [5.41, 5.74) is 4.05. The summed E-state index contributed by atoms with van der Waals surface area (Å²) >= 11 is 0. The molecule has 0 heterocycles. The predicted octanol–water partition coefficient (Wildman–Crippen LogP) is 2.88. The van der Waals surface area contributed by atoms with Crippen LogP contribution in [0, 0.1) is 0 Å². The number of amides is 1. The van der Waals surface area contributed by atoms with Crippen molar-refractivity contribution in [3.63, 3.8) is 0 Å². The number of hydrogen-bond acceptors (Lipinski definition) is 5. The van der Waals surface area contributed by atoms with Crippen LogP contribution in [0.3, 0.4) is 0 Å². The van der Waals surface area contributed by atoms with Gasteiger partial charge in [-0.05, 0) is 55.3 Å². The average molecular weight is 342 g/mol. The van der Waals surface area contributed by atoms with E-state index in [1.807, 2.05) is 19.9 Å². The molecule has 2 N–H and O–H groups in total. The van der Waals surface area contributed by atoms with Crippen molar-refractivity contribution in [2.45, 2.75) is 26.4 Å². The normalized spacial score (nSPS) is 10.9. The van der Waals surface area contributed by atoms with E-state index in [9.17, 15) is 9.90 Å². The van der Waals surface area contributed by atoms with Gasteiger partial charge in [0.1, 0.15) is 5.75 Å². The van der Waals surface area contributed by atoms with E-state index in [-0.39, 0.29) is 24.2 Å². The molecule has 0 radical (unpaired) electrons. The molecule has 25 heavy (non-hydrogen) atoms. The maximum absolute atomic E-state index is 11.9. The molecule has 0 unspecified atom stereocenters. The maximum Gasteiger partial charge on any atom is 0.244 e. The van der Waals surface area contributed by atoms with Crippen LogP contribution in [0.2, 0.25) is 0 Å². The van der Waals surface area contributed by atoms with Crippen molar-refractivity contribution in [2.75, 3.05) is 7.11 Å². The van der Waals surface area contributed by atoms with E-state index in [0.29, 0.717) is 11.5 Å². The Balaban J connectivity index is 1.96. The highest BCUT2D eigenvalue weighted by Crippen LogP contribution is 2.28. The smallest absolute Gasteiger partial charge is 0.244 e. The van der Waals surface area contributed by atoms with Crippen molar-refractivity contribution in [3.05, 3.63) is 53.6 Å². The number of benzene rings is 2. The number of nitrogens with one attached hydrogen (secondary N) is 1. The first-order valence-electron chi connectivity index (χ1n) is 7.92. The van der Waals surface area contributed by atoms with Crippen LogP contribution in [-0.2, 0) is 11.2 Å². The van der Waals surface area contributed by atoms with Crippen molar-refractivity contribution >= 4 is 12.1 Å². The van der Waals surface area contributed by atoms with E-state index >= 15 is 0 Å². The number of carbonyl (C=O) groups excluding carboxylic acids is 1. The summed E-state index contributed by atoms with van der Waals surface area (Å²) in [6.45, 7) is 3.87. The average Bonchev–Trinajstić information content (AvgIpc) is 2.57. The zero-order valence-corrected chi connectivity index (χ0v) is 14.5. The minimum Gasteiger partial charge on any atom is -0.508 e. The SMILES string of the molecule is COc1ccc(/C=N\NC(=O)Cc2ccc(O)cc2)cc1OC(C)C. The zero-order chi connectivity index (χ0) is 18.2. The first-order chi connectivity index (χ1) is 12.0. The Bertz CT molecular complexity index is 740. The lowest BCUT2D eigenvalue weighted by Gasteiger charge is -2.13. The molecule has 0 fully saturated rings. The number of phenolic OH excluding ortho intramolecular Hbond substituents is 1. The second-order valence-corrected chi connectivity index (χ2v) is 5.71. The third kappa shape index (κ3) is 5.84. The molecule has 0 aliphatic heterocycles. The number of ether oxygens (including phenoxy) is 2. The van der Waals surface area contributed by atoms with Gasteiger partial charge in [0.05, 0.1) is 25.8 Å². The van der Waals surface area contributed by atoms with Gasteiger partial charge in [-0.1, -0.05) is 12.1 Å². The van der Waals surface area contributed by atoms with Crippen LogP contribution < -0.4 is 14.9 Å². The Hall–Kier alpha value is -3.02. The van der Waals surface area contributed by atoms with Crippen molar-refractivity contribution in [1.82, 2.24) is 5.43 Å². The molecule has 2 aromatic carbocycles. The number of methoxy groups -OCH3 is 1. The Labute approximate surface area is 147 Å². The van der Waals surface area contributed by atoms with Crippen molar-refractivity contribution < 1.29 is 19.4 Å². The molecule has 1 amide bonds. The molecule has 6 heteroatoms. The van der Waals surface area contributed by atoms with Gasteiger partial charge in [0.25, 0.3) is 0 Å². The van der Waals surface area contributed by atoms with Gasteiger partial charge < -0.3 is 14.6 Å². The van der Waals surface area contributed by atoms with Gasteiger partial charge in [-0.3, -0.25) is 4.79 Å². The molecule has 0 saturated carbocycles. The highest BCUT2D eigenvalue weighted by Gasteiger charge is 2.07. The van der Waals surface area contributed by atoms with Crippen LogP contribution >= 0.6 is 0 Å². The third-order valence-corrected chi connectivity index (χ3v) is 3.25. The quantitative estimate of drug-likeness (QED) is 0.599. The summed E-state index contributed by atoms with van der Waals surface area (Å²) in [6.07, 6.45) is 1.75. The van der Waals surface area contributed by atoms with E-state index in [1.54, 1.807) is 49.7 Å². The standard InChI is InChI=1S/C19H22N2O4/c1-13(2)25-18-10-15(6-9-17(18)24-3)12-20-21-19(23)11-14-4-7-16(22)8-5-14/h4-10,12-13,22H,11H2,1-3H3,(H,21,23)/b20-12-. The van der Waals surface area contributed by atoms with Gasteiger partial charge >= 0.3 is 0 Å². The maximum atomic E-state index is 11.9. The zero-order valence-electron chi connectivity index (χ0n) is 14.5. The fraction of sp³-hybridized carbons (Fsp3) is 0.263. The lowest BCUT2D eigenvalue weighted by molar-refractivity contribution is -0.120. The molecular formula is C19H22N2O4. The van der Waals surface area contributed by atoms with Crippen LogP contribution in [0.5, 0.6) is 17.2 Å². The van der Waals surface area contributed by atoms with Gasteiger partial charge in [0.2, 0.25) is 5.91 Å². The molecule has 2 aromatic rings. The Morgan fingerprint density at radius 2 is 1.92 bits per heavy atom. The summed E-state index contributed by atoms with van der Waals surface area (Å²) < 4.78 is 11.0. The van der Waals surface area contributed by atoms with E-state index in [0.717, 1.165) is 11.1 Å². The fourth-order valence-electron chi connectivity index (χ4n) is 2.14. The Morgan fingerprint density at radius 3 is 2.56 bits per heavy atom. The largest absolute Gasteiger partial charge is 0.508 e. The molecule has 0 aromatic heterocycles. The predicted molar refractivity (Wildman–Crippen MR) is 96.3 cm³/mol. The van der Waals surface area contributed by atoms with E-state index in [4.69, 9.17) is 9.47 Å². The summed E-state index contributed by atoms with van der Waals surface area (Å²) in [6, 6.07) is 11.9. The minimum atomic E-state index is -0.242. The van der Waals surface area contributed by atoms with Crippen LogP contribution in [-0.4, -0.2) is 30.4 Å². The number of hydrazone groups is 1. The molecule has 0 bridgehead atoms. The molecular weight excluding hydrogens is 320 g/mol. The van der Waals surface area contributed by atoms with E-state index in [2.05, 4.69) is 10.5 Å². The van der Waals surface area contributed by atoms with Gasteiger partial charge in [-0.15, -0.1) is 0 Å². The number of nitrogens with zero attached hydrogens (tertiary/aromatic N) is 1. The number of rotatable bonds is 7. The third-order valence-electron chi connectivity index (χ3n) is 3.25. The van der Waals surface area contributed by atoms with Crippen LogP contribution in [0.25, 0.3) is 0 Å². The summed E-state index contributed by atoms with van der Waals surface area (Å²) in [7, 11) is 1.58. The first-order valence-corrected chi connectivity index (χ1v) is 7.92. The van der Waals surface area contributed by atoms with Crippen LogP contribution in [0.1, 0.15) is 25.0 Å². The lowest BCUT2D eigenvalue weighted by atomic mass is 10.1. The monoisotopic (exact) mass is 342 g/mol. The summed E-state index contributed by atoms with van der Waals surface area (Å²) in [4.78, 5) is 11.9. The number of phenols is 1. The lowest BCUT2D eigenvalue weighted by Crippen LogP contribution is -2.19. The van der Waals surface area contributed by atoms with Crippen molar-refractivity contribution in [2.24, 2.45) is 5.10 Å². The second kappa shape index (κ2) is 8.73. The van der Waals surface area contributed by atoms with Gasteiger partial charge in [-0.25, -0.2) is 5.43 Å². The molecule has 6 nitrogen and oxygen atoms in total. The van der Waals surface area contributed by atoms with Crippen LogP contribution in [0.15, 0.2) is 47.6 Å². The van der Waals surface area contributed by atoms with Gasteiger partial charge in [0.15, 0.2) is 11.5 Å². The number of carbonyl (C=O) groups is 1. The second-order valence-electron chi connectivity index (χ2n) is 5.71. The van der Waals surface area contributed by atoms with Gasteiger partial charge in [-0.2, -0.15) is 5.10 Å². The topological polar surface area (TPSA) is 80.2 Å². The number of hydrogen-bond donors (Lipinski definition) is 2. The summed E-state index contributed by atoms with van der Waals surface area (Å²) in [5.74, 6) is 1.19. The Kier molecular flexibility index (Phi) is 6.39. The molecule has 0 aliphatic rings. The van der Waals surface area contributed by atoms with E-state index < -0.39 is 0 Å². The molecule has 0 spiro atoms. The summed E-state index contributed by atoms with van der Waals surface area (Å²) in [5, 5.41) is 13.2. The number of aromatic hydroxyl groups is 1. The van der Waals surface area contributed by atoms with E-state index in [1.165, 1.54) is 0 Å². The fourth-order valence-corrected chi connectivity index (χ4v) is 2.14. The van der Waals surface area contributed by atoms with Crippen molar-refractivity contribution in [3.8, 4) is 17.2 Å². The molecule has 132 valence electrons. The molecule has 2 rings (SSSR count). The Morgan fingerprint density at radius 1 is 1.20 bits per heavy atom. The molecule has 0 saturated heterocycles. The van der Waals surface area contributed by atoms with Crippen molar-refractivity contribution in [1.29, 1.82) is 0 Å². The molecule has 0 aliphatic carbocycles. The van der Waals surface area contributed by atoms with Gasteiger partial charge in [0, 0.05) is 0 Å². The molecule has 0 atom stereocenters. The highest BCUT2D eigenvalue weighted by atomic mass is 16.5. The highest BCUT2D eigenvalue weighted by molar-refractivity contribution is 5.84. The minimum absolute atomic E-state index is 0.0195.